The molecule has 0 unspecified atom stereocenters. The van der Waals surface area contributed by atoms with Crippen LogP contribution < -0.4 is 5.32 Å². The molecule has 0 spiro atoms. The van der Waals surface area contributed by atoms with Crippen LogP contribution in [0.5, 0.6) is 0 Å². The van der Waals surface area contributed by atoms with Gasteiger partial charge in [-0.25, -0.2) is 4.39 Å². The molecule has 24 heavy (non-hydrogen) atoms. The van der Waals surface area contributed by atoms with E-state index in [2.05, 4.69) is 10.5 Å². The van der Waals surface area contributed by atoms with Gasteiger partial charge in [-0.15, -0.1) is 0 Å². The van der Waals surface area contributed by atoms with Gasteiger partial charge in [0.1, 0.15) is 5.82 Å². The minimum absolute atomic E-state index is 0.334. The molecule has 0 saturated carbocycles. The second kappa shape index (κ2) is 8.97. The standard InChI is InChI=1S/C16H13F3N2O2S/c17-12-3-1-2-11(8-12)9-20-23-10-15(22)21-13-4-6-14(7-5-13)24-16(18)19/h1-9,16H,10H2,(H,21,22)/b20-9-. The number of benzene rings is 2. The number of alkyl halides is 2. The number of nitrogens with zero attached hydrogens (tertiary/aromatic N) is 1. The summed E-state index contributed by atoms with van der Waals surface area (Å²) in [5.41, 5.74) is 0.957. The maximum atomic E-state index is 12.9. The third kappa shape index (κ3) is 6.33. The van der Waals surface area contributed by atoms with E-state index in [0.717, 1.165) is 0 Å². The number of oxime groups is 1. The van der Waals surface area contributed by atoms with Gasteiger partial charge in [-0.3, -0.25) is 4.79 Å². The second-order valence-electron chi connectivity index (χ2n) is 4.51. The molecule has 8 heteroatoms. The van der Waals surface area contributed by atoms with Crippen LogP contribution in [0.4, 0.5) is 18.9 Å². The van der Waals surface area contributed by atoms with Gasteiger partial charge in [0.05, 0.1) is 6.21 Å². The molecular weight excluding hydrogens is 341 g/mol. The largest absolute Gasteiger partial charge is 0.386 e. The summed E-state index contributed by atoms with van der Waals surface area (Å²) >= 11 is 0.425. The molecule has 0 fully saturated rings. The zero-order valence-corrected chi connectivity index (χ0v) is 13.1. The first kappa shape index (κ1) is 17.9. The predicted molar refractivity (Wildman–Crippen MR) is 86.9 cm³/mol. The van der Waals surface area contributed by atoms with E-state index in [-0.39, 0.29) is 6.61 Å². The number of nitrogens with one attached hydrogen (secondary N) is 1. The van der Waals surface area contributed by atoms with Gasteiger partial charge in [0.15, 0.2) is 6.61 Å². The first-order chi connectivity index (χ1) is 11.5. The van der Waals surface area contributed by atoms with Crippen molar-refractivity contribution in [1.82, 2.24) is 0 Å². The summed E-state index contributed by atoms with van der Waals surface area (Å²) in [6.45, 7) is -0.334. The van der Waals surface area contributed by atoms with E-state index in [4.69, 9.17) is 4.84 Å². The van der Waals surface area contributed by atoms with E-state index < -0.39 is 17.5 Å². The topological polar surface area (TPSA) is 50.7 Å². The number of carbonyl (C=O) groups excluding carboxylic acids is 1. The lowest BCUT2D eigenvalue weighted by molar-refractivity contribution is -0.120. The third-order valence-electron chi connectivity index (χ3n) is 2.68. The fraction of sp³-hybridized carbons (Fsp3) is 0.125. The quantitative estimate of drug-likeness (QED) is 0.462. The maximum Gasteiger partial charge on any atom is 0.288 e. The highest BCUT2D eigenvalue weighted by Crippen LogP contribution is 2.26. The number of amides is 1. The minimum Gasteiger partial charge on any atom is -0.386 e. The van der Waals surface area contributed by atoms with Gasteiger partial charge in [-0.1, -0.05) is 29.1 Å². The van der Waals surface area contributed by atoms with E-state index in [1.54, 1.807) is 6.07 Å². The summed E-state index contributed by atoms with van der Waals surface area (Å²) in [6, 6.07) is 11.7. The molecule has 0 saturated heterocycles. The van der Waals surface area contributed by atoms with Gasteiger partial charge in [-0.05, 0) is 42.0 Å². The van der Waals surface area contributed by atoms with Crippen LogP contribution in [0.1, 0.15) is 5.56 Å². The predicted octanol–water partition coefficient (Wildman–Crippen LogP) is 4.13. The molecular formula is C16H13F3N2O2S. The SMILES string of the molecule is O=C(CO/N=C\c1cccc(F)c1)Nc1ccc(SC(F)F)cc1. The van der Waals surface area contributed by atoms with Crippen LogP contribution >= 0.6 is 11.8 Å². The lowest BCUT2D eigenvalue weighted by Gasteiger charge is -2.05. The second-order valence-corrected chi connectivity index (χ2v) is 5.58. The average Bonchev–Trinajstić information content (AvgIpc) is 2.53. The molecule has 2 aromatic rings. The van der Waals surface area contributed by atoms with Crippen LogP contribution in [0.3, 0.4) is 0 Å². The number of hydrogen-bond acceptors (Lipinski definition) is 4. The Morgan fingerprint density at radius 2 is 2.00 bits per heavy atom. The van der Waals surface area contributed by atoms with Crippen molar-refractivity contribution in [1.29, 1.82) is 0 Å². The Bertz CT molecular complexity index is 709. The zero-order valence-electron chi connectivity index (χ0n) is 12.3. The monoisotopic (exact) mass is 354 g/mol. The highest BCUT2D eigenvalue weighted by molar-refractivity contribution is 7.99. The first-order valence-electron chi connectivity index (χ1n) is 6.78. The molecule has 0 radical (unpaired) electrons. The van der Waals surface area contributed by atoms with Crippen molar-refractivity contribution in [3.05, 3.63) is 59.9 Å². The lowest BCUT2D eigenvalue weighted by Crippen LogP contribution is -2.16. The number of thioether (sulfide) groups is 1. The molecule has 126 valence electrons. The molecule has 2 aromatic carbocycles. The first-order valence-corrected chi connectivity index (χ1v) is 7.66. The van der Waals surface area contributed by atoms with E-state index in [0.29, 0.717) is 27.9 Å². The summed E-state index contributed by atoms with van der Waals surface area (Å²) in [6.07, 6.45) is 1.28. The maximum absolute atomic E-state index is 12.9. The molecule has 2 rings (SSSR count). The summed E-state index contributed by atoms with van der Waals surface area (Å²) in [7, 11) is 0. The molecule has 0 atom stereocenters. The van der Waals surface area contributed by atoms with Gasteiger partial charge < -0.3 is 10.2 Å². The number of halogens is 3. The fourth-order valence-corrected chi connectivity index (χ4v) is 2.20. The Balaban J connectivity index is 1.77. The Labute approximate surface area is 140 Å². The van der Waals surface area contributed by atoms with Crippen LogP contribution in [0.15, 0.2) is 58.6 Å². The zero-order chi connectivity index (χ0) is 17.4. The van der Waals surface area contributed by atoms with Crippen molar-refractivity contribution >= 4 is 29.6 Å². The van der Waals surface area contributed by atoms with Crippen LogP contribution in [0, 0.1) is 5.82 Å². The highest BCUT2D eigenvalue weighted by Gasteiger charge is 2.06. The van der Waals surface area contributed by atoms with Crippen molar-refractivity contribution in [3.63, 3.8) is 0 Å². The molecule has 4 nitrogen and oxygen atoms in total. The molecule has 1 N–H and O–H groups in total. The van der Waals surface area contributed by atoms with Crippen molar-refractivity contribution in [3.8, 4) is 0 Å². The minimum atomic E-state index is -2.49. The molecule has 0 aliphatic rings. The van der Waals surface area contributed by atoms with Crippen molar-refractivity contribution in [2.75, 3.05) is 11.9 Å². The summed E-state index contributed by atoms with van der Waals surface area (Å²) in [5.74, 6) is -3.35. The van der Waals surface area contributed by atoms with Gasteiger partial charge in [-0.2, -0.15) is 8.78 Å². The molecule has 0 bridgehead atoms. The number of hydrogen-bond donors (Lipinski definition) is 1. The van der Waals surface area contributed by atoms with Gasteiger partial charge >= 0.3 is 0 Å². The highest BCUT2D eigenvalue weighted by atomic mass is 32.2. The molecule has 0 aliphatic carbocycles. The molecule has 0 aliphatic heterocycles. The van der Waals surface area contributed by atoms with Crippen LogP contribution in [-0.2, 0) is 9.63 Å². The summed E-state index contributed by atoms with van der Waals surface area (Å²) in [5, 5.41) is 6.11. The van der Waals surface area contributed by atoms with Crippen molar-refractivity contribution in [2.45, 2.75) is 10.7 Å². The Kier molecular flexibility index (Phi) is 6.68. The van der Waals surface area contributed by atoms with Crippen LogP contribution in [0.2, 0.25) is 0 Å². The Hall–Kier alpha value is -2.48. The number of rotatable bonds is 7. The lowest BCUT2D eigenvalue weighted by atomic mass is 10.2. The van der Waals surface area contributed by atoms with E-state index >= 15 is 0 Å². The van der Waals surface area contributed by atoms with Crippen molar-refractivity contribution in [2.24, 2.45) is 5.16 Å². The van der Waals surface area contributed by atoms with Crippen LogP contribution in [-0.4, -0.2) is 24.5 Å². The molecule has 0 heterocycles. The molecule has 1 amide bonds. The normalized spacial score (nSPS) is 11.0. The van der Waals surface area contributed by atoms with Gasteiger partial charge in [0.2, 0.25) is 0 Å². The average molecular weight is 354 g/mol. The number of anilines is 1. The summed E-state index contributed by atoms with van der Waals surface area (Å²) in [4.78, 5) is 16.9. The fourth-order valence-electron chi connectivity index (χ4n) is 1.70. The Morgan fingerprint density at radius 3 is 2.67 bits per heavy atom. The molecule has 0 aromatic heterocycles. The third-order valence-corrected chi connectivity index (χ3v) is 3.41. The van der Waals surface area contributed by atoms with Crippen LogP contribution in [0.25, 0.3) is 0 Å². The Morgan fingerprint density at radius 1 is 1.25 bits per heavy atom. The van der Waals surface area contributed by atoms with E-state index in [1.807, 2.05) is 0 Å². The van der Waals surface area contributed by atoms with Gasteiger partial charge in [0, 0.05) is 10.6 Å². The van der Waals surface area contributed by atoms with Gasteiger partial charge in [0.25, 0.3) is 11.7 Å². The summed E-state index contributed by atoms with van der Waals surface area (Å²) < 4.78 is 37.3. The number of carbonyl (C=O) groups is 1. The van der Waals surface area contributed by atoms with E-state index in [9.17, 15) is 18.0 Å². The van der Waals surface area contributed by atoms with Crippen molar-refractivity contribution < 1.29 is 22.8 Å². The smallest absolute Gasteiger partial charge is 0.288 e. The van der Waals surface area contributed by atoms with E-state index in [1.165, 1.54) is 48.7 Å².